The van der Waals surface area contributed by atoms with Gasteiger partial charge < -0.3 is 19.1 Å². The van der Waals surface area contributed by atoms with Gasteiger partial charge in [0.1, 0.15) is 5.75 Å². The van der Waals surface area contributed by atoms with E-state index in [9.17, 15) is 13.2 Å². The summed E-state index contributed by atoms with van der Waals surface area (Å²) in [6.07, 6.45) is 0.743. The smallest absolute Gasteiger partial charge is 0.255 e. The summed E-state index contributed by atoms with van der Waals surface area (Å²) in [7, 11) is -2.13. The van der Waals surface area contributed by atoms with Crippen LogP contribution in [0.2, 0.25) is 0 Å². The van der Waals surface area contributed by atoms with Gasteiger partial charge in [0.15, 0.2) is 11.5 Å². The van der Waals surface area contributed by atoms with Gasteiger partial charge in [0.25, 0.3) is 5.91 Å². The molecule has 0 atom stereocenters. The van der Waals surface area contributed by atoms with Gasteiger partial charge in [0, 0.05) is 50.1 Å². The number of pyridine rings is 1. The summed E-state index contributed by atoms with van der Waals surface area (Å²) < 4.78 is 44.4. The number of carbonyl (C=O) groups is 1. The van der Waals surface area contributed by atoms with Crippen molar-refractivity contribution in [1.82, 2.24) is 14.2 Å². The van der Waals surface area contributed by atoms with Crippen LogP contribution >= 0.6 is 0 Å². The molecule has 10 heteroatoms. The van der Waals surface area contributed by atoms with E-state index in [1.54, 1.807) is 31.1 Å². The minimum Gasteiger partial charge on any atom is -0.497 e. The van der Waals surface area contributed by atoms with E-state index in [1.807, 2.05) is 24.3 Å². The van der Waals surface area contributed by atoms with Crippen LogP contribution in [0.5, 0.6) is 17.2 Å². The largest absolute Gasteiger partial charge is 0.497 e. The average Bonchev–Trinajstić information content (AvgIpc) is 3.12. The highest BCUT2D eigenvalue weighted by Crippen LogP contribution is 2.33. The molecular formula is C25H27N3O6S. The number of methoxy groups -OCH3 is 1. The second kappa shape index (κ2) is 9.35. The minimum absolute atomic E-state index is 0.152. The maximum absolute atomic E-state index is 13.3. The number of benzene rings is 2. The van der Waals surface area contributed by atoms with Crippen molar-refractivity contribution in [2.24, 2.45) is 0 Å². The average molecular weight is 498 g/mol. The van der Waals surface area contributed by atoms with Crippen molar-refractivity contribution in [3.05, 3.63) is 53.7 Å². The highest BCUT2D eigenvalue weighted by Gasteiger charge is 2.32. The highest BCUT2D eigenvalue weighted by atomic mass is 32.2. The van der Waals surface area contributed by atoms with Crippen LogP contribution in [-0.4, -0.2) is 75.0 Å². The molecule has 0 unspecified atom stereocenters. The summed E-state index contributed by atoms with van der Waals surface area (Å²) in [6.45, 7) is 3.82. The molecule has 2 aromatic carbocycles. The number of amides is 1. The van der Waals surface area contributed by atoms with Gasteiger partial charge in [0.2, 0.25) is 10.0 Å². The maximum atomic E-state index is 13.3. The first-order valence-corrected chi connectivity index (χ1v) is 13.0. The van der Waals surface area contributed by atoms with Crippen molar-refractivity contribution in [1.29, 1.82) is 0 Å². The predicted octanol–water partition coefficient (Wildman–Crippen LogP) is 2.86. The van der Waals surface area contributed by atoms with E-state index < -0.39 is 10.0 Å². The number of fused-ring (bicyclic) bond motifs is 2. The molecule has 3 aromatic rings. The summed E-state index contributed by atoms with van der Waals surface area (Å²) in [5.74, 6) is 1.54. The van der Waals surface area contributed by atoms with Crippen molar-refractivity contribution >= 4 is 26.8 Å². The zero-order valence-corrected chi connectivity index (χ0v) is 20.5. The molecule has 1 amide bonds. The van der Waals surface area contributed by atoms with Crippen LogP contribution in [0.25, 0.3) is 10.9 Å². The first kappa shape index (κ1) is 23.4. The SMILES string of the molecule is COc1ccc2cc(C(=O)N3CCN(S(=O)(=O)c4ccc5c(c4)OCCCO5)CC3)c(C)nc2c1. The first-order chi connectivity index (χ1) is 16.9. The monoisotopic (exact) mass is 497 g/mol. The third kappa shape index (κ3) is 4.51. The minimum atomic E-state index is -3.73. The van der Waals surface area contributed by atoms with Crippen LogP contribution in [0.1, 0.15) is 22.5 Å². The molecule has 0 N–H and O–H groups in total. The molecule has 0 saturated carbocycles. The molecule has 1 fully saturated rings. The Kier molecular flexibility index (Phi) is 6.24. The lowest BCUT2D eigenvalue weighted by Gasteiger charge is -2.34. The molecule has 3 heterocycles. The molecule has 2 aliphatic heterocycles. The quantitative estimate of drug-likeness (QED) is 0.547. The number of hydrogen-bond donors (Lipinski definition) is 0. The Morgan fingerprint density at radius 2 is 1.71 bits per heavy atom. The number of piperazine rings is 1. The molecular weight excluding hydrogens is 470 g/mol. The Morgan fingerprint density at radius 1 is 0.971 bits per heavy atom. The number of rotatable bonds is 4. The number of ether oxygens (including phenoxy) is 3. The molecule has 1 aromatic heterocycles. The van der Waals surface area contributed by atoms with Gasteiger partial charge in [0.05, 0.1) is 42.0 Å². The Balaban J connectivity index is 1.31. The summed E-state index contributed by atoms with van der Waals surface area (Å²) in [6, 6.07) is 12.1. The molecule has 184 valence electrons. The normalized spacial score (nSPS) is 16.7. The van der Waals surface area contributed by atoms with Crippen LogP contribution in [-0.2, 0) is 10.0 Å². The second-order valence-corrected chi connectivity index (χ2v) is 10.5. The maximum Gasteiger partial charge on any atom is 0.255 e. The van der Waals surface area contributed by atoms with E-state index in [0.717, 1.165) is 17.3 Å². The number of sulfonamides is 1. The van der Waals surface area contributed by atoms with Gasteiger partial charge in [-0.1, -0.05) is 0 Å². The molecule has 5 rings (SSSR count). The summed E-state index contributed by atoms with van der Waals surface area (Å²) in [5, 5.41) is 0.843. The van der Waals surface area contributed by atoms with Crippen molar-refractivity contribution in [2.45, 2.75) is 18.2 Å². The Bertz CT molecular complexity index is 1380. The van der Waals surface area contributed by atoms with E-state index in [2.05, 4.69) is 4.98 Å². The van der Waals surface area contributed by atoms with Crippen molar-refractivity contribution in [3.8, 4) is 17.2 Å². The lowest BCUT2D eigenvalue weighted by molar-refractivity contribution is 0.0697. The van der Waals surface area contributed by atoms with Gasteiger partial charge in [-0.25, -0.2) is 8.42 Å². The predicted molar refractivity (Wildman–Crippen MR) is 130 cm³/mol. The second-order valence-electron chi connectivity index (χ2n) is 8.54. The highest BCUT2D eigenvalue weighted by molar-refractivity contribution is 7.89. The van der Waals surface area contributed by atoms with E-state index in [-0.39, 0.29) is 23.9 Å². The fourth-order valence-corrected chi connectivity index (χ4v) is 5.78. The molecule has 0 spiro atoms. The number of nitrogens with zero attached hydrogens (tertiary/aromatic N) is 3. The fraction of sp³-hybridized carbons (Fsp3) is 0.360. The van der Waals surface area contributed by atoms with E-state index >= 15 is 0 Å². The zero-order valence-electron chi connectivity index (χ0n) is 19.7. The third-order valence-electron chi connectivity index (χ3n) is 6.33. The fourth-order valence-electron chi connectivity index (χ4n) is 4.34. The number of hydrogen-bond acceptors (Lipinski definition) is 7. The van der Waals surface area contributed by atoms with Crippen molar-refractivity contribution < 1.29 is 27.4 Å². The summed E-state index contributed by atoms with van der Waals surface area (Å²) in [5.41, 5.74) is 1.89. The molecule has 2 aliphatic rings. The summed E-state index contributed by atoms with van der Waals surface area (Å²) >= 11 is 0. The number of aryl methyl sites for hydroxylation is 1. The molecule has 0 aliphatic carbocycles. The Morgan fingerprint density at radius 3 is 2.46 bits per heavy atom. The molecule has 0 radical (unpaired) electrons. The van der Waals surface area contributed by atoms with Crippen molar-refractivity contribution in [3.63, 3.8) is 0 Å². The topological polar surface area (TPSA) is 98.3 Å². The first-order valence-electron chi connectivity index (χ1n) is 11.5. The Hall–Kier alpha value is -3.37. The van der Waals surface area contributed by atoms with Crippen LogP contribution in [0.4, 0.5) is 0 Å². The molecule has 9 nitrogen and oxygen atoms in total. The third-order valence-corrected chi connectivity index (χ3v) is 8.22. The van der Waals surface area contributed by atoms with E-state index in [1.165, 1.54) is 10.4 Å². The van der Waals surface area contributed by atoms with Crippen molar-refractivity contribution in [2.75, 3.05) is 46.5 Å². The number of carbonyl (C=O) groups excluding carboxylic acids is 1. The lowest BCUT2D eigenvalue weighted by Crippen LogP contribution is -2.50. The van der Waals surface area contributed by atoms with Crippen LogP contribution in [0, 0.1) is 6.92 Å². The number of aromatic nitrogens is 1. The Labute approximate surface area is 204 Å². The van der Waals surface area contributed by atoms with E-state index in [4.69, 9.17) is 14.2 Å². The lowest BCUT2D eigenvalue weighted by atomic mass is 10.1. The molecule has 0 bridgehead atoms. The van der Waals surface area contributed by atoms with E-state index in [0.29, 0.717) is 54.8 Å². The molecule has 35 heavy (non-hydrogen) atoms. The van der Waals surface area contributed by atoms with Crippen LogP contribution in [0.15, 0.2) is 47.4 Å². The summed E-state index contributed by atoms with van der Waals surface area (Å²) in [4.78, 5) is 19.7. The molecule has 1 saturated heterocycles. The van der Waals surface area contributed by atoms with Gasteiger partial charge >= 0.3 is 0 Å². The standard InChI is InChI=1S/C25H27N3O6S/c1-17-21(14-18-4-5-19(32-2)15-22(18)26-17)25(29)27-8-10-28(11-9-27)35(30,31)20-6-7-23-24(16-20)34-13-3-12-33-23/h4-7,14-16H,3,8-13H2,1-2H3. The van der Waals surface area contributed by atoms with Gasteiger partial charge in [-0.2, -0.15) is 4.31 Å². The zero-order chi connectivity index (χ0) is 24.6. The van der Waals surface area contributed by atoms with Gasteiger partial charge in [-0.3, -0.25) is 9.78 Å². The van der Waals surface area contributed by atoms with Crippen LogP contribution in [0.3, 0.4) is 0 Å². The van der Waals surface area contributed by atoms with Gasteiger partial charge in [-0.05, 0) is 37.3 Å². The van der Waals surface area contributed by atoms with Gasteiger partial charge in [-0.15, -0.1) is 0 Å². The van der Waals surface area contributed by atoms with Crippen LogP contribution < -0.4 is 14.2 Å².